The van der Waals surface area contributed by atoms with Crippen LogP contribution in [-0.4, -0.2) is 63.6 Å². The third-order valence-electron chi connectivity index (χ3n) is 7.56. The van der Waals surface area contributed by atoms with Gasteiger partial charge in [0.15, 0.2) is 5.71 Å². The molecule has 8 heteroatoms. The third kappa shape index (κ3) is 8.41. The number of hydrogen-bond donors (Lipinski definition) is 2. The molecule has 211 valence electrons. The first-order chi connectivity index (χ1) is 18.3. The Morgan fingerprint density at radius 2 is 1.67 bits per heavy atom. The van der Waals surface area contributed by atoms with Crippen LogP contribution in [0.5, 0.6) is 0 Å². The van der Waals surface area contributed by atoms with Crippen LogP contribution < -0.4 is 5.73 Å². The normalized spacial score (nSPS) is 24.3. The van der Waals surface area contributed by atoms with E-state index in [2.05, 4.69) is 25.7 Å². The van der Waals surface area contributed by atoms with E-state index in [4.69, 9.17) is 10.5 Å². The molecule has 7 nitrogen and oxygen atoms in total. The quantitative estimate of drug-likeness (QED) is 0.253. The van der Waals surface area contributed by atoms with E-state index < -0.39 is 0 Å². The van der Waals surface area contributed by atoms with Crippen molar-refractivity contribution in [3.05, 3.63) is 78.5 Å². The second-order valence-corrected chi connectivity index (χ2v) is 10.7. The number of hydroxylamine groups is 2. The molecule has 2 fully saturated rings. The summed E-state index contributed by atoms with van der Waals surface area (Å²) >= 11 is 0. The molecule has 5 rings (SSSR count). The summed E-state index contributed by atoms with van der Waals surface area (Å²) < 4.78 is 8.36. The molecule has 1 saturated heterocycles. The average Bonchev–Trinajstić information content (AvgIpc) is 3.33. The van der Waals surface area contributed by atoms with Crippen LogP contribution in [-0.2, 0) is 29.3 Å². The minimum Gasteiger partial charge on any atom is -0.480 e. The van der Waals surface area contributed by atoms with Crippen LogP contribution >= 0.6 is 0 Å². The molecule has 1 amide bonds. The molecule has 2 aliphatic heterocycles. The van der Waals surface area contributed by atoms with Gasteiger partial charge in [0, 0.05) is 57.3 Å². The molecule has 1 aliphatic carbocycles. The molecule has 2 heterocycles. The fourth-order valence-electron chi connectivity index (χ4n) is 5.38. The number of benzene rings is 2. The van der Waals surface area contributed by atoms with Crippen LogP contribution in [0.15, 0.2) is 66.1 Å². The molecule has 39 heavy (non-hydrogen) atoms. The van der Waals surface area contributed by atoms with Gasteiger partial charge in [-0.25, -0.2) is 4.79 Å². The largest absolute Gasteiger partial charge is 1.00 e. The fraction of sp³-hybridized carbons (Fsp3) is 0.452. The molecule has 0 bridgehead atoms. The van der Waals surface area contributed by atoms with Crippen molar-refractivity contribution in [1.29, 1.82) is 0 Å². The number of nitrogens with zero attached hydrogens (tertiary/aromatic N) is 3. The summed E-state index contributed by atoms with van der Waals surface area (Å²) in [6, 6.07) is 17.3. The zero-order chi connectivity index (χ0) is 27.1. The number of ether oxygens (including phenoxy) is 1. The van der Waals surface area contributed by atoms with Crippen molar-refractivity contribution >= 4 is 23.0 Å². The van der Waals surface area contributed by atoms with Gasteiger partial charge in [-0.3, -0.25) is 0 Å². The molecule has 2 unspecified atom stereocenters. The molecule has 3 N–H and O–H groups in total. The van der Waals surface area contributed by atoms with Crippen molar-refractivity contribution in [1.82, 2.24) is 9.96 Å². The van der Waals surface area contributed by atoms with E-state index in [9.17, 15) is 10.0 Å². The van der Waals surface area contributed by atoms with Gasteiger partial charge in [0.1, 0.15) is 0 Å². The number of anilines is 1. The van der Waals surface area contributed by atoms with Gasteiger partial charge in [-0.05, 0) is 38.0 Å². The minimum atomic E-state index is -0.0561. The van der Waals surface area contributed by atoms with E-state index in [1.807, 2.05) is 59.2 Å². The first kappa shape index (κ1) is 30.9. The summed E-state index contributed by atoms with van der Waals surface area (Å²) in [6.45, 7) is 10.6. The first-order valence-electron chi connectivity index (χ1n) is 13.8. The van der Waals surface area contributed by atoms with Gasteiger partial charge in [0.25, 0.3) is 5.76 Å². The van der Waals surface area contributed by atoms with Gasteiger partial charge in [0.2, 0.25) is 5.69 Å². The van der Waals surface area contributed by atoms with Crippen molar-refractivity contribution in [3.63, 3.8) is 0 Å². The van der Waals surface area contributed by atoms with E-state index in [0.29, 0.717) is 37.9 Å². The molecule has 2 atom stereocenters. The molecule has 2 aromatic carbocycles. The monoisotopic (exact) mass is 710 g/mol. The smallest absolute Gasteiger partial charge is 0.480 e. The molecule has 1 radical (unpaired) electrons. The number of carbonyl (C=O) groups excluding carboxylic acids is 1. The molecule has 2 aromatic rings. The van der Waals surface area contributed by atoms with E-state index in [1.165, 1.54) is 5.06 Å². The van der Waals surface area contributed by atoms with Gasteiger partial charge >= 0.3 is 25.7 Å². The minimum absolute atomic E-state index is 0. The maximum atomic E-state index is 13.9. The number of carbonyl (C=O) groups is 1. The van der Waals surface area contributed by atoms with Crippen molar-refractivity contribution in [3.8, 4) is 0 Å². The molecule has 3 aliphatic rings. The SMILES string of the molecule is CC1=[N+](c2ccccc2)C(=O)/C(OC2CCC(C)C2)=C(/N2CCN(O)CC2)CCC1.[CH2-]c1ccc(N)cc1.[Os+]. The van der Waals surface area contributed by atoms with E-state index >= 15 is 0 Å². The maximum Gasteiger partial charge on any atom is 1.00 e. The predicted octanol–water partition coefficient (Wildman–Crippen LogP) is 5.37. The topological polar surface area (TPSA) is 82.0 Å². The number of nitrogens with two attached hydrogens (primary N) is 1. The number of nitrogen functional groups attached to an aromatic ring is 1. The van der Waals surface area contributed by atoms with Crippen LogP contribution in [0.4, 0.5) is 11.4 Å². The third-order valence-corrected chi connectivity index (χ3v) is 7.56. The number of piperazine rings is 1. The van der Waals surface area contributed by atoms with Crippen molar-refractivity contribution in [2.75, 3.05) is 31.9 Å². The standard InChI is InChI=1S/C24H34N3O3.C7H8N.Os/c1-18-11-12-21(17-18)30-23-22(25-13-15-26(29)16-14-25)10-6-7-19(2)27(24(23)28)20-8-4-3-5-9-20;1-6-2-4-7(8)5-3-6;/h3-5,8-9,18,21,29H,6-7,10-17H2,1-2H3;2-5H,1,8H2;/q+1;-1;+1/b23-22-,27-19?;;. The Morgan fingerprint density at radius 3 is 2.26 bits per heavy atom. The fourth-order valence-corrected chi connectivity index (χ4v) is 5.38. The molecule has 1 saturated carbocycles. The molecular weight excluding hydrogens is 667 g/mol. The Balaban J connectivity index is 0.000000402. The Hall–Kier alpha value is -2.65. The van der Waals surface area contributed by atoms with Crippen molar-refractivity contribution < 1.29 is 39.1 Å². The van der Waals surface area contributed by atoms with Crippen LogP contribution in [0, 0.1) is 12.8 Å². The summed E-state index contributed by atoms with van der Waals surface area (Å²) in [5, 5.41) is 11.2. The Bertz CT molecular complexity index is 1120. The van der Waals surface area contributed by atoms with E-state index in [0.717, 1.165) is 66.9 Å². The second-order valence-electron chi connectivity index (χ2n) is 10.7. The van der Waals surface area contributed by atoms with Gasteiger partial charge in [-0.1, -0.05) is 37.3 Å². The second kappa shape index (κ2) is 14.7. The number of hydrogen-bond acceptors (Lipinski definition) is 6. The molecule has 0 spiro atoms. The average molecular weight is 709 g/mol. The van der Waals surface area contributed by atoms with Crippen LogP contribution in [0.2, 0.25) is 0 Å². The van der Waals surface area contributed by atoms with Gasteiger partial charge < -0.3 is 20.6 Å². The van der Waals surface area contributed by atoms with Crippen LogP contribution in [0.1, 0.15) is 57.9 Å². The Labute approximate surface area is 246 Å². The number of amides is 1. The van der Waals surface area contributed by atoms with Crippen LogP contribution in [0.25, 0.3) is 0 Å². The zero-order valence-electron chi connectivity index (χ0n) is 23.2. The zero-order valence-corrected chi connectivity index (χ0v) is 25.7. The summed E-state index contributed by atoms with van der Waals surface area (Å²) in [4.78, 5) is 16.2. The first-order valence-corrected chi connectivity index (χ1v) is 13.8. The maximum absolute atomic E-state index is 13.9. The van der Waals surface area contributed by atoms with E-state index in [1.54, 1.807) is 0 Å². The van der Waals surface area contributed by atoms with Gasteiger partial charge in [-0.15, -0.1) is 4.58 Å². The summed E-state index contributed by atoms with van der Waals surface area (Å²) in [7, 11) is 0. The predicted molar refractivity (Wildman–Crippen MR) is 151 cm³/mol. The van der Waals surface area contributed by atoms with Gasteiger partial charge in [0.05, 0.1) is 11.8 Å². The van der Waals surface area contributed by atoms with Crippen molar-refractivity contribution in [2.45, 2.75) is 58.5 Å². The summed E-state index contributed by atoms with van der Waals surface area (Å²) in [5.74, 6) is 1.10. The van der Waals surface area contributed by atoms with Gasteiger partial charge in [-0.2, -0.15) is 29.7 Å². The summed E-state index contributed by atoms with van der Waals surface area (Å²) in [5.41, 5.74) is 10.2. The Morgan fingerprint density at radius 1 is 1.00 bits per heavy atom. The number of para-hydroxylation sites is 1. The Kier molecular flexibility index (Phi) is 11.6. The summed E-state index contributed by atoms with van der Waals surface area (Å²) in [6.07, 6.45) is 5.94. The van der Waals surface area contributed by atoms with E-state index in [-0.39, 0.29) is 31.8 Å². The van der Waals surface area contributed by atoms with Crippen LogP contribution in [0.3, 0.4) is 0 Å². The van der Waals surface area contributed by atoms with Crippen molar-refractivity contribution in [2.24, 2.45) is 5.92 Å². The number of rotatable bonds is 4. The molecule has 0 aromatic heterocycles. The number of allylic oxidation sites excluding steroid dienone is 1. The molecular formula is C31H42N4O3Os+.